The summed E-state index contributed by atoms with van der Waals surface area (Å²) < 4.78 is 5.06. The first kappa shape index (κ1) is 15.7. The Morgan fingerprint density at radius 3 is 2.96 bits per heavy atom. The van der Waals surface area contributed by atoms with Crippen molar-refractivity contribution in [3.05, 3.63) is 45.7 Å². The van der Waals surface area contributed by atoms with Gasteiger partial charge in [-0.25, -0.2) is 0 Å². The first-order chi connectivity index (χ1) is 11.1. The van der Waals surface area contributed by atoms with Gasteiger partial charge in [0.15, 0.2) is 5.43 Å². The minimum absolute atomic E-state index is 0.0438. The summed E-state index contributed by atoms with van der Waals surface area (Å²) in [5.74, 6) is 0.478. The van der Waals surface area contributed by atoms with E-state index < -0.39 is 0 Å². The number of nitrogens with one attached hydrogen (secondary N) is 1. The second-order valence-corrected chi connectivity index (χ2v) is 6.26. The van der Waals surface area contributed by atoms with Gasteiger partial charge in [0, 0.05) is 43.8 Å². The van der Waals surface area contributed by atoms with Gasteiger partial charge in [-0.05, 0) is 30.9 Å². The lowest BCUT2D eigenvalue weighted by Gasteiger charge is -2.16. The van der Waals surface area contributed by atoms with Crippen LogP contribution in [0, 0.1) is 12.8 Å². The fourth-order valence-electron chi connectivity index (χ4n) is 3.35. The zero-order valence-corrected chi connectivity index (χ0v) is 13.6. The van der Waals surface area contributed by atoms with E-state index in [1.54, 1.807) is 13.2 Å². The van der Waals surface area contributed by atoms with Gasteiger partial charge in [0.1, 0.15) is 0 Å². The van der Waals surface area contributed by atoms with Gasteiger partial charge >= 0.3 is 0 Å². The lowest BCUT2D eigenvalue weighted by Crippen LogP contribution is -2.28. The van der Waals surface area contributed by atoms with Crippen molar-refractivity contribution >= 4 is 16.8 Å². The molecule has 1 aliphatic rings. The second-order valence-electron chi connectivity index (χ2n) is 6.26. The van der Waals surface area contributed by atoms with E-state index >= 15 is 0 Å². The second kappa shape index (κ2) is 6.54. The molecule has 0 bridgehead atoms. The summed E-state index contributed by atoms with van der Waals surface area (Å²) in [6.45, 7) is 3.87. The maximum Gasteiger partial charge on any atom is 0.223 e. The maximum absolute atomic E-state index is 12.1. The Morgan fingerprint density at radius 1 is 1.35 bits per heavy atom. The number of benzene rings is 1. The molecule has 0 spiro atoms. The number of likely N-dealkylation sites (tertiary alicyclic amines) is 1. The van der Waals surface area contributed by atoms with Crippen molar-refractivity contribution in [3.8, 4) is 0 Å². The molecule has 1 aromatic heterocycles. The van der Waals surface area contributed by atoms with E-state index in [9.17, 15) is 9.59 Å². The molecule has 2 aromatic rings. The van der Waals surface area contributed by atoms with Crippen LogP contribution < -0.4 is 5.43 Å². The Bertz CT molecular complexity index is 781. The van der Waals surface area contributed by atoms with Gasteiger partial charge in [-0.1, -0.05) is 12.1 Å². The summed E-state index contributed by atoms with van der Waals surface area (Å²) in [6, 6.07) is 7.43. The number of aromatic amines is 1. The third-order valence-electron chi connectivity index (χ3n) is 4.45. The Kier molecular flexibility index (Phi) is 4.48. The summed E-state index contributed by atoms with van der Waals surface area (Å²) >= 11 is 0. The molecule has 0 radical (unpaired) electrons. The zero-order chi connectivity index (χ0) is 16.4. The van der Waals surface area contributed by atoms with E-state index in [-0.39, 0.29) is 17.3 Å². The van der Waals surface area contributed by atoms with Crippen LogP contribution >= 0.6 is 0 Å². The van der Waals surface area contributed by atoms with Crippen LogP contribution in [0.4, 0.5) is 0 Å². The number of aromatic nitrogens is 1. The normalized spacial score (nSPS) is 18.1. The Labute approximate surface area is 135 Å². The van der Waals surface area contributed by atoms with Crippen molar-refractivity contribution in [2.75, 3.05) is 26.8 Å². The van der Waals surface area contributed by atoms with Gasteiger partial charge in [0.2, 0.25) is 5.91 Å². The number of nitrogens with zero attached hydrogens (tertiary/aromatic N) is 1. The third kappa shape index (κ3) is 3.29. The van der Waals surface area contributed by atoms with E-state index in [2.05, 4.69) is 4.98 Å². The SMILES string of the molecule is COCCN1C[C@H](Cc2cccc3c(=O)cc(C)[nH]c23)CC1=O. The molecule has 1 N–H and O–H groups in total. The number of hydrogen-bond donors (Lipinski definition) is 1. The number of hydrogen-bond acceptors (Lipinski definition) is 3. The van der Waals surface area contributed by atoms with Gasteiger partial charge < -0.3 is 14.6 Å². The van der Waals surface area contributed by atoms with Crippen LogP contribution in [0.15, 0.2) is 29.1 Å². The average molecular weight is 314 g/mol. The third-order valence-corrected chi connectivity index (χ3v) is 4.45. The molecule has 1 amide bonds. The predicted molar refractivity (Wildman–Crippen MR) is 89.6 cm³/mol. The number of ether oxygens (including phenoxy) is 1. The zero-order valence-electron chi connectivity index (χ0n) is 13.6. The van der Waals surface area contributed by atoms with E-state index in [1.165, 1.54) is 0 Å². The van der Waals surface area contributed by atoms with Crippen LogP contribution in [0.1, 0.15) is 17.7 Å². The molecule has 0 aliphatic carbocycles. The molecule has 1 atom stereocenters. The number of rotatable bonds is 5. The highest BCUT2D eigenvalue weighted by molar-refractivity contribution is 5.82. The Balaban J connectivity index is 1.83. The van der Waals surface area contributed by atoms with E-state index in [1.807, 2.05) is 30.0 Å². The summed E-state index contributed by atoms with van der Waals surface area (Å²) in [4.78, 5) is 29.4. The number of pyridine rings is 1. The molecule has 1 aliphatic heterocycles. The molecule has 122 valence electrons. The van der Waals surface area contributed by atoms with Gasteiger partial charge in [0.25, 0.3) is 0 Å². The van der Waals surface area contributed by atoms with Crippen LogP contribution in [0.5, 0.6) is 0 Å². The molecule has 0 unspecified atom stereocenters. The van der Waals surface area contributed by atoms with Gasteiger partial charge in [-0.3, -0.25) is 9.59 Å². The first-order valence-electron chi connectivity index (χ1n) is 7.96. The van der Waals surface area contributed by atoms with Crippen LogP contribution in [-0.2, 0) is 16.0 Å². The summed E-state index contributed by atoms with van der Waals surface area (Å²) in [6.07, 6.45) is 1.36. The highest BCUT2D eigenvalue weighted by Gasteiger charge is 2.29. The smallest absolute Gasteiger partial charge is 0.223 e. The molecule has 1 fully saturated rings. The van der Waals surface area contributed by atoms with E-state index in [4.69, 9.17) is 4.74 Å². The fourth-order valence-corrected chi connectivity index (χ4v) is 3.35. The maximum atomic E-state index is 12.1. The van der Waals surface area contributed by atoms with Crippen LogP contribution in [0.3, 0.4) is 0 Å². The lowest BCUT2D eigenvalue weighted by molar-refractivity contribution is -0.128. The van der Waals surface area contributed by atoms with Crippen molar-refractivity contribution in [2.45, 2.75) is 19.8 Å². The van der Waals surface area contributed by atoms with Crippen molar-refractivity contribution in [2.24, 2.45) is 5.92 Å². The molecule has 2 heterocycles. The Hall–Kier alpha value is -2.14. The molecular weight excluding hydrogens is 292 g/mol. The van der Waals surface area contributed by atoms with Gasteiger partial charge in [-0.2, -0.15) is 0 Å². The largest absolute Gasteiger partial charge is 0.383 e. The number of para-hydroxylation sites is 1. The van der Waals surface area contributed by atoms with Crippen molar-refractivity contribution in [3.63, 3.8) is 0 Å². The number of methoxy groups -OCH3 is 1. The summed E-state index contributed by atoms with van der Waals surface area (Å²) in [7, 11) is 1.65. The van der Waals surface area contributed by atoms with Crippen LogP contribution in [-0.4, -0.2) is 42.6 Å². The van der Waals surface area contributed by atoms with Crippen molar-refractivity contribution in [1.29, 1.82) is 0 Å². The molecule has 1 aromatic carbocycles. The number of carbonyl (C=O) groups is 1. The summed E-state index contributed by atoms with van der Waals surface area (Å²) in [5, 5.41) is 0.716. The highest BCUT2D eigenvalue weighted by Crippen LogP contribution is 2.24. The fraction of sp³-hybridized carbons (Fsp3) is 0.444. The molecule has 3 rings (SSSR count). The molecule has 5 heteroatoms. The number of H-pyrrole nitrogens is 1. The van der Waals surface area contributed by atoms with E-state index in [0.717, 1.165) is 29.7 Å². The minimum Gasteiger partial charge on any atom is -0.383 e. The number of fused-ring (bicyclic) bond motifs is 1. The highest BCUT2D eigenvalue weighted by atomic mass is 16.5. The van der Waals surface area contributed by atoms with Crippen LogP contribution in [0.25, 0.3) is 10.9 Å². The van der Waals surface area contributed by atoms with Gasteiger partial charge in [-0.15, -0.1) is 0 Å². The first-order valence-corrected chi connectivity index (χ1v) is 7.96. The molecule has 1 saturated heterocycles. The number of aryl methyl sites for hydroxylation is 1. The quantitative estimate of drug-likeness (QED) is 0.916. The van der Waals surface area contributed by atoms with Gasteiger partial charge in [0.05, 0.1) is 12.1 Å². The van der Waals surface area contributed by atoms with Crippen molar-refractivity contribution in [1.82, 2.24) is 9.88 Å². The average Bonchev–Trinajstić information content (AvgIpc) is 2.85. The predicted octanol–water partition coefficient (Wildman–Crippen LogP) is 1.87. The topological polar surface area (TPSA) is 62.4 Å². The number of carbonyl (C=O) groups excluding carboxylic acids is 1. The van der Waals surface area contributed by atoms with E-state index in [0.29, 0.717) is 25.0 Å². The lowest BCUT2D eigenvalue weighted by atomic mass is 9.96. The van der Waals surface area contributed by atoms with Crippen LogP contribution in [0.2, 0.25) is 0 Å². The Morgan fingerprint density at radius 2 is 2.17 bits per heavy atom. The number of amides is 1. The monoisotopic (exact) mass is 314 g/mol. The molecule has 23 heavy (non-hydrogen) atoms. The van der Waals surface area contributed by atoms with Crippen molar-refractivity contribution < 1.29 is 9.53 Å². The summed E-state index contributed by atoms with van der Waals surface area (Å²) in [5.41, 5.74) is 2.91. The molecule has 5 nitrogen and oxygen atoms in total. The minimum atomic E-state index is 0.0438. The molecule has 0 saturated carbocycles. The standard InChI is InChI=1S/C18H22N2O3/c1-12-8-16(21)15-5-3-4-14(18(15)19-12)9-13-10-17(22)20(11-13)6-7-23-2/h3-5,8,13H,6-7,9-11H2,1-2H3,(H,19,21)/t13-/m1/s1. The molecular formula is C18H22N2O3.